The summed E-state index contributed by atoms with van der Waals surface area (Å²) in [6, 6.07) is 3.82. The van der Waals surface area contributed by atoms with Gasteiger partial charge in [0.25, 0.3) is 0 Å². The summed E-state index contributed by atoms with van der Waals surface area (Å²) in [6.07, 6.45) is 0. The molecule has 1 aromatic carbocycles. The number of carbonyl (C=O) groups excluding carboxylic acids is 1. The van der Waals surface area contributed by atoms with Crippen molar-refractivity contribution in [3.05, 3.63) is 24.0 Å². The summed E-state index contributed by atoms with van der Waals surface area (Å²) in [5, 5.41) is 2.80. The Kier molecular flexibility index (Phi) is 4.10. The number of nitrogens with one attached hydrogen (secondary N) is 1. The second-order valence-electron chi connectivity index (χ2n) is 3.32. The van der Waals surface area contributed by atoms with Crippen molar-refractivity contribution in [2.75, 3.05) is 17.7 Å². The van der Waals surface area contributed by atoms with E-state index in [9.17, 15) is 9.18 Å². The Morgan fingerprint density at radius 1 is 1.62 bits per heavy atom. The molecule has 0 radical (unpaired) electrons. The number of anilines is 2. The van der Waals surface area contributed by atoms with Crippen molar-refractivity contribution >= 4 is 17.3 Å². The molecule has 0 aliphatic carbocycles. The van der Waals surface area contributed by atoms with Gasteiger partial charge in [0.05, 0.1) is 18.0 Å². The number of hydrogen-bond acceptors (Lipinski definition) is 4. The van der Waals surface area contributed by atoms with Gasteiger partial charge in [-0.25, -0.2) is 9.18 Å². The SMILES string of the molecule is CCOC(=O)C(C)Nc1cccc(F)c1N. The first kappa shape index (κ1) is 12.3. The highest BCUT2D eigenvalue weighted by molar-refractivity contribution is 5.80. The van der Waals surface area contributed by atoms with E-state index in [0.717, 1.165) is 0 Å². The zero-order chi connectivity index (χ0) is 12.1. The molecule has 4 nitrogen and oxygen atoms in total. The highest BCUT2D eigenvalue weighted by atomic mass is 19.1. The average molecular weight is 226 g/mol. The summed E-state index contributed by atoms with van der Waals surface area (Å²) in [5.41, 5.74) is 5.90. The largest absolute Gasteiger partial charge is 0.464 e. The number of carbonyl (C=O) groups is 1. The van der Waals surface area contributed by atoms with Crippen LogP contribution in [0.5, 0.6) is 0 Å². The zero-order valence-electron chi connectivity index (χ0n) is 9.29. The third-order valence-electron chi connectivity index (χ3n) is 2.07. The monoisotopic (exact) mass is 226 g/mol. The van der Waals surface area contributed by atoms with Crippen LogP contribution in [-0.4, -0.2) is 18.6 Å². The molecule has 0 aromatic heterocycles. The van der Waals surface area contributed by atoms with Crippen molar-refractivity contribution in [1.29, 1.82) is 0 Å². The number of para-hydroxylation sites is 1. The molecule has 0 aliphatic rings. The molecule has 0 fully saturated rings. The number of ether oxygens (including phenoxy) is 1. The van der Waals surface area contributed by atoms with Crippen molar-refractivity contribution in [3.63, 3.8) is 0 Å². The van der Waals surface area contributed by atoms with Crippen LogP contribution in [0.25, 0.3) is 0 Å². The molecule has 0 saturated carbocycles. The van der Waals surface area contributed by atoms with Gasteiger partial charge in [0.15, 0.2) is 0 Å². The summed E-state index contributed by atoms with van der Waals surface area (Å²) >= 11 is 0. The van der Waals surface area contributed by atoms with Gasteiger partial charge in [-0.05, 0) is 26.0 Å². The van der Waals surface area contributed by atoms with Crippen LogP contribution < -0.4 is 11.1 Å². The highest BCUT2D eigenvalue weighted by Crippen LogP contribution is 2.21. The normalized spacial score (nSPS) is 11.9. The van der Waals surface area contributed by atoms with Crippen LogP contribution in [0.15, 0.2) is 18.2 Å². The molecule has 1 rings (SSSR count). The molecular weight excluding hydrogens is 211 g/mol. The maximum atomic E-state index is 13.1. The molecule has 0 heterocycles. The molecule has 0 bridgehead atoms. The fourth-order valence-electron chi connectivity index (χ4n) is 1.22. The van der Waals surface area contributed by atoms with Crippen LogP contribution in [0.1, 0.15) is 13.8 Å². The summed E-state index contributed by atoms with van der Waals surface area (Å²) in [6.45, 7) is 3.66. The van der Waals surface area contributed by atoms with E-state index in [1.165, 1.54) is 12.1 Å². The third kappa shape index (κ3) is 2.85. The topological polar surface area (TPSA) is 64.3 Å². The smallest absolute Gasteiger partial charge is 0.328 e. The van der Waals surface area contributed by atoms with Gasteiger partial charge >= 0.3 is 5.97 Å². The molecule has 88 valence electrons. The average Bonchev–Trinajstić information content (AvgIpc) is 2.25. The molecule has 16 heavy (non-hydrogen) atoms. The number of rotatable bonds is 4. The minimum atomic E-state index is -0.566. The lowest BCUT2D eigenvalue weighted by molar-refractivity contribution is -0.143. The van der Waals surface area contributed by atoms with E-state index in [1.54, 1.807) is 19.9 Å². The van der Waals surface area contributed by atoms with Crippen LogP contribution in [0.3, 0.4) is 0 Å². The molecule has 1 unspecified atom stereocenters. The maximum absolute atomic E-state index is 13.1. The van der Waals surface area contributed by atoms with Gasteiger partial charge in [0.1, 0.15) is 11.9 Å². The standard InChI is InChI=1S/C11H15FN2O2/c1-3-16-11(15)7(2)14-9-6-4-5-8(12)10(9)13/h4-7,14H,3,13H2,1-2H3. The Bertz CT molecular complexity index is 382. The number of halogens is 1. The van der Waals surface area contributed by atoms with Gasteiger partial charge in [-0.15, -0.1) is 0 Å². The van der Waals surface area contributed by atoms with Crippen molar-refractivity contribution in [3.8, 4) is 0 Å². The zero-order valence-corrected chi connectivity index (χ0v) is 9.29. The van der Waals surface area contributed by atoms with E-state index in [2.05, 4.69) is 5.32 Å². The molecule has 5 heteroatoms. The number of esters is 1. The number of hydrogen-bond donors (Lipinski definition) is 2. The lowest BCUT2D eigenvalue weighted by Crippen LogP contribution is -2.28. The molecule has 1 atom stereocenters. The fourth-order valence-corrected chi connectivity index (χ4v) is 1.22. The fraction of sp³-hybridized carbons (Fsp3) is 0.364. The summed E-state index contributed by atoms with van der Waals surface area (Å²) < 4.78 is 17.9. The van der Waals surface area contributed by atoms with Crippen LogP contribution in [-0.2, 0) is 9.53 Å². The number of nitrogen functional groups attached to an aromatic ring is 1. The predicted molar refractivity (Wildman–Crippen MR) is 60.5 cm³/mol. The second kappa shape index (κ2) is 5.34. The Morgan fingerprint density at radius 2 is 2.31 bits per heavy atom. The van der Waals surface area contributed by atoms with Crippen molar-refractivity contribution in [1.82, 2.24) is 0 Å². The molecule has 0 saturated heterocycles. The third-order valence-corrected chi connectivity index (χ3v) is 2.07. The first-order valence-electron chi connectivity index (χ1n) is 5.03. The second-order valence-corrected chi connectivity index (χ2v) is 3.32. The van der Waals surface area contributed by atoms with E-state index in [-0.39, 0.29) is 5.69 Å². The molecule has 0 aliphatic heterocycles. The predicted octanol–water partition coefficient (Wildman–Crippen LogP) is 1.77. The van der Waals surface area contributed by atoms with Gasteiger partial charge in [-0.1, -0.05) is 6.07 Å². The van der Waals surface area contributed by atoms with E-state index in [0.29, 0.717) is 12.3 Å². The molecule has 0 amide bonds. The molecule has 1 aromatic rings. The first-order valence-corrected chi connectivity index (χ1v) is 5.03. The van der Waals surface area contributed by atoms with Crippen LogP contribution in [0.2, 0.25) is 0 Å². The molecular formula is C11H15FN2O2. The van der Waals surface area contributed by atoms with E-state index in [4.69, 9.17) is 10.5 Å². The number of nitrogens with two attached hydrogens (primary N) is 1. The Balaban J connectivity index is 2.73. The minimum absolute atomic E-state index is 0.00125. The van der Waals surface area contributed by atoms with Gasteiger partial charge in [0.2, 0.25) is 0 Å². The number of benzene rings is 1. The highest BCUT2D eigenvalue weighted by Gasteiger charge is 2.15. The van der Waals surface area contributed by atoms with Crippen LogP contribution in [0, 0.1) is 5.82 Å². The lowest BCUT2D eigenvalue weighted by Gasteiger charge is -2.15. The Hall–Kier alpha value is -1.78. The Labute approximate surface area is 93.6 Å². The van der Waals surface area contributed by atoms with Crippen LogP contribution >= 0.6 is 0 Å². The van der Waals surface area contributed by atoms with Gasteiger partial charge in [-0.2, -0.15) is 0 Å². The maximum Gasteiger partial charge on any atom is 0.328 e. The molecule has 3 N–H and O–H groups in total. The summed E-state index contributed by atoms with van der Waals surface area (Å²) in [5.74, 6) is -0.910. The van der Waals surface area contributed by atoms with E-state index in [1.807, 2.05) is 0 Å². The quantitative estimate of drug-likeness (QED) is 0.606. The van der Waals surface area contributed by atoms with Crippen molar-refractivity contribution < 1.29 is 13.9 Å². The lowest BCUT2D eigenvalue weighted by atomic mass is 10.2. The van der Waals surface area contributed by atoms with Crippen LogP contribution in [0.4, 0.5) is 15.8 Å². The Morgan fingerprint density at radius 3 is 2.94 bits per heavy atom. The van der Waals surface area contributed by atoms with Gasteiger partial charge < -0.3 is 15.8 Å². The van der Waals surface area contributed by atoms with Gasteiger partial charge in [-0.3, -0.25) is 0 Å². The summed E-state index contributed by atoms with van der Waals surface area (Å²) in [7, 11) is 0. The van der Waals surface area contributed by atoms with Gasteiger partial charge in [0, 0.05) is 0 Å². The van der Waals surface area contributed by atoms with Crippen molar-refractivity contribution in [2.45, 2.75) is 19.9 Å². The van der Waals surface area contributed by atoms with Crippen molar-refractivity contribution in [2.24, 2.45) is 0 Å². The summed E-state index contributed by atoms with van der Waals surface area (Å²) in [4.78, 5) is 11.3. The minimum Gasteiger partial charge on any atom is -0.464 e. The van der Waals surface area contributed by atoms with E-state index < -0.39 is 17.8 Å². The van der Waals surface area contributed by atoms with E-state index >= 15 is 0 Å². The first-order chi connectivity index (χ1) is 7.56. The molecule has 0 spiro atoms.